The Hall–Kier alpha value is -4.72. The highest BCUT2D eigenvalue weighted by atomic mass is 16.5. The largest absolute Gasteiger partial charge is 0.481 e. The Kier molecular flexibility index (Phi) is 14.4. The summed E-state index contributed by atoms with van der Waals surface area (Å²) in [5.74, 6) is -3.51. The van der Waals surface area contributed by atoms with Gasteiger partial charge in [0.2, 0.25) is 0 Å². The van der Waals surface area contributed by atoms with Gasteiger partial charge in [0.25, 0.3) is 0 Å². The Balaban J connectivity index is 1.55. The van der Waals surface area contributed by atoms with Crippen molar-refractivity contribution < 1.29 is 38.9 Å². The number of rotatable bonds is 19. The molecule has 0 spiro atoms. The van der Waals surface area contributed by atoms with Crippen LogP contribution in [0.15, 0.2) is 84.9 Å². The van der Waals surface area contributed by atoms with Crippen LogP contribution in [0.2, 0.25) is 0 Å². The van der Waals surface area contributed by atoms with Crippen molar-refractivity contribution in [3.8, 4) is 11.5 Å². The van der Waals surface area contributed by atoms with Gasteiger partial charge < -0.3 is 19.7 Å². The predicted octanol–water partition coefficient (Wildman–Crippen LogP) is 9.01. The molecule has 3 rings (SSSR count). The van der Waals surface area contributed by atoms with E-state index in [2.05, 4.69) is 6.92 Å². The van der Waals surface area contributed by atoms with Crippen LogP contribution in [0.3, 0.4) is 0 Å². The number of allylic oxidation sites excluding steroid dienone is 1. The molecule has 0 aliphatic heterocycles. The number of benzene rings is 3. The number of hydrogen-bond donors (Lipinski definition) is 2. The molecule has 2 N–H and O–H groups in total. The van der Waals surface area contributed by atoms with Gasteiger partial charge in [0, 0.05) is 5.41 Å². The van der Waals surface area contributed by atoms with Crippen molar-refractivity contribution in [2.75, 3.05) is 0 Å². The number of carbonyl (C=O) groups excluding carboxylic acids is 2. The van der Waals surface area contributed by atoms with Gasteiger partial charge in [-0.15, -0.1) is 0 Å². The van der Waals surface area contributed by atoms with Crippen molar-refractivity contribution in [2.45, 2.75) is 90.4 Å². The van der Waals surface area contributed by atoms with Crippen LogP contribution in [0.5, 0.6) is 11.5 Å². The molecular weight excluding hydrogens is 596 g/mol. The van der Waals surface area contributed by atoms with E-state index in [0.29, 0.717) is 11.5 Å². The van der Waals surface area contributed by atoms with Gasteiger partial charge in [-0.1, -0.05) is 102 Å². The monoisotopic (exact) mass is 642 g/mol. The van der Waals surface area contributed by atoms with Gasteiger partial charge in [0.05, 0.1) is 23.5 Å². The van der Waals surface area contributed by atoms with E-state index in [1.807, 2.05) is 44.2 Å². The Morgan fingerprint density at radius 1 is 0.681 bits per heavy atom. The van der Waals surface area contributed by atoms with Crippen molar-refractivity contribution >= 4 is 23.9 Å². The third-order valence-corrected chi connectivity index (χ3v) is 8.24. The van der Waals surface area contributed by atoms with E-state index in [4.69, 9.17) is 14.6 Å². The highest BCUT2D eigenvalue weighted by molar-refractivity contribution is 5.93. The van der Waals surface area contributed by atoms with Gasteiger partial charge in [-0.2, -0.15) is 0 Å². The zero-order valence-corrected chi connectivity index (χ0v) is 27.6. The first-order chi connectivity index (χ1) is 22.5. The molecule has 0 amide bonds. The van der Waals surface area contributed by atoms with Gasteiger partial charge in [0.1, 0.15) is 11.5 Å². The summed E-state index contributed by atoms with van der Waals surface area (Å²) in [6.45, 7) is 6.29. The zero-order chi connectivity index (χ0) is 34.2. The van der Waals surface area contributed by atoms with Gasteiger partial charge in [-0.05, 0) is 72.5 Å². The highest BCUT2D eigenvalue weighted by Crippen LogP contribution is 2.33. The molecule has 0 aliphatic rings. The summed E-state index contributed by atoms with van der Waals surface area (Å²) in [7, 11) is 0. The summed E-state index contributed by atoms with van der Waals surface area (Å²) in [6.07, 6.45) is 13.7. The number of ether oxygens (including phenoxy) is 2. The van der Waals surface area contributed by atoms with E-state index < -0.39 is 35.2 Å². The first-order valence-electron chi connectivity index (χ1n) is 16.4. The molecule has 3 aromatic rings. The quantitative estimate of drug-likeness (QED) is 0.0574. The third-order valence-electron chi connectivity index (χ3n) is 8.24. The SMILES string of the molecule is CCCCCCCCCCC=CC(CC(=O)O)C(=O)Oc1ccc(C(C)(C)c2ccc(OC(=O)c3ccc(C(=O)O)cc3)cc2)cc1. The van der Waals surface area contributed by atoms with Crippen LogP contribution in [-0.2, 0) is 15.0 Å². The molecule has 0 fully saturated rings. The molecule has 0 saturated carbocycles. The summed E-state index contributed by atoms with van der Waals surface area (Å²) in [5, 5.41) is 18.4. The summed E-state index contributed by atoms with van der Waals surface area (Å²) in [6, 6.07) is 19.7. The Morgan fingerprint density at radius 2 is 1.17 bits per heavy atom. The lowest BCUT2D eigenvalue weighted by atomic mass is 9.78. The van der Waals surface area contributed by atoms with Gasteiger partial charge in [-0.3, -0.25) is 9.59 Å². The molecule has 3 aromatic carbocycles. The minimum Gasteiger partial charge on any atom is -0.481 e. The van der Waals surface area contributed by atoms with Crippen LogP contribution in [-0.4, -0.2) is 34.1 Å². The molecule has 0 aliphatic carbocycles. The first kappa shape index (κ1) is 36.7. The number of carbonyl (C=O) groups is 4. The zero-order valence-electron chi connectivity index (χ0n) is 27.6. The van der Waals surface area contributed by atoms with Gasteiger partial charge in [-0.25, -0.2) is 9.59 Å². The van der Waals surface area contributed by atoms with Crippen LogP contribution in [0.4, 0.5) is 0 Å². The molecular formula is C39H46O8. The molecule has 1 unspecified atom stereocenters. The topological polar surface area (TPSA) is 127 Å². The summed E-state index contributed by atoms with van der Waals surface area (Å²) < 4.78 is 11.0. The molecule has 0 aromatic heterocycles. The first-order valence-corrected chi connectivity index (χ1v) is 16.4. The summed E-state index contributed by atoms with van der Waals surface area (Å²) in [5.41, 5.74) is 1.79. The molecule has 0 bridgehead atoms. The smallest absolute Gasteiger partial charge is 0.343 e. The molecule has 8 nitrogen and oxygen atoms in total. The van der Waals surface area contributed by atoms with Crippen LogP contribution in [0, 0.1) is 5.92 Å². The Morgan fingerprint density at radius 3 is 1.68 bits per heavy atom. The van der Waals surface area contributed by atoms with Crippen LogP contribution in [0.25, 0.3) is 0 Å². The van der Waals surface area contributed by atoms with Crippen molar-refractivity contribution in [1.82, 2.24) is 0 Å². The van der Waals surface area contributed by atoms with Crippen LogP contribution < -0.4 is 9.47 Å². The lowest BCUT2D eigenvalue weighted by Gasteiger charge is -2.26. The highest BCUT2D eigenvalue weighted by Gasteiger charge is 2.25. The molecule has 0 radical (unpaired) electrons. The number of hydrogen-bond acceptors (Lipinski definition) is 6. The van der Waals surface area contributed by atoms with Gasteiger partial charge >= 0.3 is 23.9 Å². The van der Waals surface area contributed by atoms with Crippen molar-refractivity contribution in [1.29, 1.82) is 0 Å². The van der Waals surface area contributed by atoms with Crippen molar-refractivity contribution in [2.24, 2.45) is 5.92 Å². The minimum absolute atomic E-state index is 0.0819. The Bertz CT molecular complexity index is 1490. The molecule has 0 saturated heterocycles. The lowest BCUT2D eigenvalue weighted by Crippen LogP contribution is -2.22. The average molecular weight is 643 g/mol. The van der Waals surface area contributed by atoms with Crippen LogP contribution >= 0.6 is 0 Å². The van der Waals surface area contributed by atoms with Crippen molar-refractivity contribution in [3.05, 3.63) is 107 Å². The molecule has 0 heterocycles. The van der Waals surface area contributed by atoms with E-state index in [-0.39, 0.29) is 17.5 Å². The molecule has 1 atom stereocenters. The number of aromatic carboxylic acids is 1. The Labute approximate surface area is 277 Å². The fourth-order valence-corrected chi connectivity index (χ4v) is 5.23. The average Bonchev–Trinajstić information content (AvgIpc) is 3.05. The standard InChI is InChI=1S/C39H46O8/c1-4-5-6-7-8-9-10-11-12-13-14-30(27-35(40)41)38(45)47-34-25-21-32(22-26-34)39(2,3)31-19-23-33(24-20-31)46-37(44)29-17-15-28(16-18-29)36(42)43/h13-26,30H,4-12,27H2,1-3H3,(H,40,41)(H,42,43). The summed E-state index contributed by atoms with van der Waals surface area (Å²) in [4.78, 5) is 47.8. The van der Waals surface area contributed by atoms with E-state index in [1.54, 1.807) is 30.3 Å². The normalized spacial score (nSPS) is 12.1. The predicted molar refractivity (Wildman–Crippen MR) is 181 cm³/mol. The number of carboxylic acid groups (broad SMARTS) is 2. The lowest BCUT2D eigenvalue weighted by molar-refractivity contribution is -0.144. The van der Waals surface area contributed by atoms with E-state index in [9.17, 15) is 24.3 Å². The van der Waals surface area contributed by atoms with E-state index in [0.717, 1.165) is 30.4 Å². The fourth-order valence-electron chi connectivity index (χ4n) is 5.23. The molecule has 47 heavy (non-hydrogen) atoms. The maximum atomic E-state index is 12.9. The number of carboxylic acids is 2. The summed E-state index contributed by atoms with van der Waals surface area (Å²) >= 11 is 0. The van der Waals surface area contributed by atoms with Gasteiger partial charge in [0.15, 0.2) is 0 Å². The number of unbranched alkanes of at least 4 members (excludes halogenated alkanes) is 8. The van der Waals surface area contributed by atoms with E-state index >= 15 is 0 Å². The van der Waals surface area contributed by atoms with Crippen molar-refractivity contribution in [3.63, 3.8) is 0 Å². The molecule has 8 heteroatoms. The second-order valence-corrected chi connectivity index (χ2v) is 12.3. The number of aliphatic carboxylic acids is 1. The number of esters is 2. The maximum Gasteiger partial charge on any atom is 0.343 e. The minimum atomic E-state index is -1.07. The third kappa shape index (κ3) is 11.9. The fraction of sp³-hybridized carbons (Fsp3) is 0.385. The second kappa shape index (κ2) is 18.4. The molecule has 250 valence electrons. The second-order valence-electron chi connectivity index (χ2n) is 12.3. The van der Waals surface area contributed by atoms with Crippen LogP contribution in [0.1, 0.15) is 117 Å². The van der Waals surface area contributed by atoms with E-state index in [1.165, 1.54) is 62.8 Å². The maximum absolute atomic E-state index is 12.9.